The standard InChI is InChI=1S/C23H36N2O4/c1-5-9-19(16(2)24-17(3)26)12-21-20(15-29-4)13-22(23(27)28)25(21)14-18-10-7-6-8-11-18/h6-8,10-11,16,19-22H,5,9,12-15H2,1-4H3,(H,24,26)(H,27,28)/t16?,19?,20-,21+,22+/m0/s1. The van der Waals surface area contributed by atoms with Crippen molar-refractivity contribution in [2.75, 3.05) is 13.7 Å². The van der Waals surface area contributed by atoms with E-state index in [4.69, 9.17) is 4.74 Å². The van der Waals surface area contributed by atoms with E-state index in [9.17, 15) is 14.7 Å². The van der Waals surface area contributed by atoms with Crippen molar-refractivity contribution in [2.45, 2.75) is 71.1 Å². The van der Waals surface area contributed by atoms with Crippen molar-refractivity contribution in [3.8, 4) is 0 Å². The second kappa shape index (κ2) is 11.3. The SMILES string of the molecule is CCCC(C[C@@H]1[C@H](COC)C[C@H](C(=O)O)N1Cc1ccccc1)C(C)NC(C)=O. The summed E-state index contributed by atoms with van der Waals surface area (Å²) < 4.78 is 5.46. The van der Waals surface area contributed by atoms with Gasteiger partial charge >= 0.3 is 5.97 Å². The Balaban J connectivity index is 2.28. The maximum absolute atomic E-state index is 12.0. The van der Waals surface area contributed by atoms with Crippen molar-refractivity contribution in [3.63, 3.8) is 0 Å². The van der Waals surface area contributed by atoms with Gasteiger partial charge in [-0.3, -0.25) is 14.5 Å². The lowest BCUT2D eigenvalue weighted by molar-refractivity contribution is -0.143. The first kappa shape index (κ1) is 23.4. The molecule has 6 heteroatoms. The van der Waals surface area contributed by atoms with E-state index in [1.165, 1.54) is 0 Å². The third kappa shape index (κ3) is 6.54. The number of benzene rings is 1. The van der Waals surface area contributed by atoms with Gasteiger partial charge in [0.25, 0.3) is 0 Å². The predicted molar refractivity (Wildman–Crippen MR) is 113 cm³/mol. The highest BCUT2D eigenvalue weighted by Gasteiger charge is 2.45. The summed E-state index contributed by atoms with van der Waals surface area (Å²) in [6, 6.07) is 9.68. The molecular formula is C23H36N2O4. The van der Waals surface area contributed by atoms with E-state index in [0.717, 1.165) is 24.8 Å². The van der Waals surface area contributed by atoms with Crippen molar-refractivity contribution >= 4 is 11.9 Å². The molecule has 1 saturated heterocycles. The van der Waals surface area contributed by atoms with Gasteiger partial charge < -0.3 is 15.2 Å². The highest BCUT2D eigenvalue weighted by molar-refractivity contribution is 5.74. The Kier molecular flexibility index (Phi) is 9.11. The highest BCUT2D eigenvalue weighted by Crippen LogP contribution is 2.37. The van der Waals surface area contributed by atoms with Crippen molar-refractivity contribution in [3.05, 3.63) is 35.9 Å². The molecule has 162 valence electrons. The van der Waals surface area contributed by atoms with Gasteiger partial charge in [0.2, 0.25) is 5.91 Å². The largest absolute Gasteiger partial charge is 0.480 e. The number of nitrogens with zero attached hydrogens (tertiary/aromatic N) is 1. The van der Waals surface area contributed by atoms with Gasteiger partial charge in [-0.25, -0.2) is 0 Å². The fourth-order valence-electron chi connectivity index (χ4n) is 4.76. The number of carbonyl (C=O) groups is 2. The number of ether oxygens (including phenoxy) is 1. The van der Waals surface area contributed by atoms with Gasteiger partial charge in [0.15, 0.2) is 0 Å². The zero-order valence-corrected chi connectivity index (χ0v) is 18.1. The second-order valence-electron chi connectivity index (χ2n) is 8.30. The molecule has 1 aromatic rings. The summed E-state index contributed by atoms with van der Waals surface area (Å²) in [5.41, 5.74) is 1.11. The van der Waals surface area contributed by atoms with E-state index in [2.05, 4.69) is 24.1 Å². The van der Waals surface area contributed by atoms with Gasteiger partial charge in [-0.15, -0.1) is 0 Å². The summed E-state index contributed by atoms with van der Waals surface area (Å²) in [7, 11) is 1.68. The molecule has 1 aromatic carbocycles. The quantitative estimate of drug-likeness (QED) is 0.592. The van der Waals surface area contributed by atoms with E-state index in [-0.39, 0.29) is 23.9 Å². The third-order valence-electron chi connectivity index (χ3n) is 6.11. The molecule has 0 spiro atoms. The Morgan fingerprint density at radius 1 is 1.31 bits per heavy atom. The normalized spacial score (nSPS) is 24.2. The Labute approximate surface area is 174 Å². The number of carboxylic acids is 1. The maximum Gasteiger partial charge on any atom is 0.320 e. The monoisotopic (exact) mass is 404 g/mol. The van der Waals surface area contributed by atoms with Gasteiger partial charge in [0.1, 0.15) is 6.04 Å². The first-order valence-electron chi connectivity index (χ1n) is 10.7. The van der Waals surface area contributed by atoms with E-state index < -0.39 is 12.0 Å². The number of likely N-dealkylation sites (tertiary alicyclic amines) is 1. The molecule has 1 heterocycles. The molecule has 2 unspecified atom stereocenters. The van der Waals surface area contributed by atoms with Crippen molar-refractivity contribution in [2.24, 2.45) is 11.8 Å². The van der Waals surface area contributed by atoms with Gasteiger partial charge in [0, 0.05) is 32.7 Å². The average Bonchev–Trinajstić information content (AvgIpc) is 2.99. The van der Waals surface area contributed by atoms with Crippen LogP contribution in [0.2, 0.25) is 0 Å². The van der Waals surface area contributed by atoms with E-state index in [1.807, 2.05) is 30.3 Å². The fraction of sp³-hybridized carbons (Fsp3) is 0.652. The molecule has 0 saturated carbocycles. The zero-order chi connectivity index (χ0) is 21.4. The minimum Gasteiger partial charge on any atom is -0.480 e. The second-order valence-corrected chi connectivity index (χ2v) is 8.30. The number of nitrogens with one attached hydrogen (secondary N) is 1. The van der Waals surface area contributed by atoms with Crippen LogP contribution in [0.25, 0.3) is 0 Å². The molecule has 29 heavy (non-hydrogen) atoms. The van der Waals surface area contributed by atoms with Crippen LogP contribution in [-0.2, 0) is 20.9 Å². The molecule has 1 fully saturated rings. The molecule has 5 atom stereocenters. The molecule has 0 aromatic heterocycles. The molecule has 2 rings (SSSR count). The number of amides is 1. The van der Waals surface area contributed by atoms with Crippen molar-refractivity contribution in [1.82, 2.24) is 10.2 Å². The molecule has 1 amide bonds. The van der Waals surface area contributed by atoms with Crippen LogP contribution in [0.5, 0.6) is 0 Å². The van der Waals surface area contributed by atoms with Crippen LogP contribution in [0.3, 0.4) is 0 Å². The summed E-state index contributed by atoms with van der Waals surface area (Å²) in [6.45, 7) is 6.91. The summed E-state index contributed by atoms with van der Waals surface area (Å²) in [6.07, 6.45) is 3.46. The molecule has 0 aliphatic carbocycles. The number of carboxylic acid groups (broad SMARTS) is 1. The Morgan fingerprint density at radius 3 is 2.55 bits per heavy atom. The molecular weight excluding hydrogens is 368 g/mol. The lowest BCUT2D eigenvalue weighted by Gasteiger charge is -2.35. The zero-order valence-electron chi connectivity index (χ0n) is 18.1. The summed E-state index contributed by atoms with van der Waals surface area (Å²) in [5, 5.41) is 12.9. The van der Waals surface area contributed by atoms with Crippen LogP contribution in [0.15, 0.2) is 30.3 Å². The predicted octanol–water partition coefficient (Wildman–Crippen LogP) is 3.31. The van der Waals surface area contributed by atoms with Crippen LogP contribution in [-0.4, -0.2) is 53.7 Å². The highest BCUT2D eigenvalue weighted by atomic mass is 16.5. The summed E-state index contributed by atoms with van der Waals surface area (Å²) in [5.74, 6) is -0.345. The minimum absolute atomic E-state index is 0.0250. The maximum atomic E-state index is 12.0. The minimum atomic E-state index is -0.772. The van der Waals surface area contributed by atoms with Crippen LogP contribution in [0.1, 0.15) is 52.0 Å². The van der Waals surface area contributed by atoms with Crippen LogP contribution >= 0.6 is 0 Å². The van der Waals surface area contributed by atoms with Gasteiger partial charge in [-0.1, -0.05) is 43.7 Å². The number of methoxy groups -OCH3 is 1. The molecule has 1 aliphatic rings. The van der Waals surface area contributed by atoms with Gasteiger partial charge in [-0.05, 0) is 43.6 Å². The number of aliphatic carboxylic acids is 1. The number of carbonyl (C=O) groups excluding carboxylic acids is 1. The summed E-state index contributed by atoms with van der Waals surface area (Å²) in [4.78, 5) is 25.8. The molecule has 2 N–H and O–H groups in total. The van der Waals surface area contributed by atoms with E-state index in [0.29, 0.717) is 25.5 Å². The van der Waals surface area contributed by atoms with Crippen LogP contribution in [0.4, 0.5) is 0 Å². The number of hydrogen-bond donors (Lipinski definition) is 2. The van der Waals surface area contributed by atoms with E-state index in [1.54, 1.807) is 14.0 Å². The lowest BCUT2D eigenvalue weighted by Crippen LogP contribution is -2.45. The van der Waals surface area contributed by atoms with Crippen LogP contribution < -0.4 is 5.32 Å². The third-order valence-corrected chi connectivity index (χ3v) is 6.11. The summed E-state index contributed by atoms with van der Waals surface area (Å²) >= 11 is 0. The first-order valence-corrected chi connectivity index (χ1v) is 10.7. The first-order chi connectivity index (χ1) is 13.9. The Hall–Kier alpha value is -1.92. The van der Waals surface area contributed by atoms with Gasteiger partial charge in [-0.2, -0.15) is 0 Å². The average molecular weight is 405 g/mol. The Bertz CT molecular complexity index is 652. The van der Waals surface area contributed by atoms with Crippen molar-refractivity contribution in [1.29, 1.82) is 0 Å². The molecule has 0 radical (unpaired) electrons. The van der Waals surface area contributed by atoms with Crippen LogP contribution in [0, 0.1) is 11.8 Å². The lowest BCUT2D eigenvalue weighted by atomic mass is 9.85. The van der Waals surface area contributed by atoms with E-state index >= 15 is 0 Å². The fourth-order valence-corrected chi connectivity index (χ4v) is 4.76. The van der Waals surface area contributed by atoms with Gasteiger partial charge in [0.05, 0.1) is 6.61 Å². The molecule has 6 nitrogen and oxygen atoms in total. The smallest absolute Gasteiger partial charge is 0.320 e. The number of hydrogen-bond acceptors (Lipinski definition) is 4. The van der Waals surface area contributed by atoms with Crippen molar-refractivity contribution < 1.29 is 19.4 Å². The molecule has 0 bridgehead atoms. The topological polar surface area (TPSA) is 78.9 Å². The number of rotatable bonds is 11. The molecule has 1 aliphatic heterocycles. The Morgan fingerprint density at radius 2 is 2.00 bits per heavy atom.